The van der Waals surface area contributed by atoms with Crippen LogP contribution >= 0.6 is 0 Å². The molecule has 2 N–H and O–H groups in total. The van der Waals surface area contributed by atoms with Gasteiger partial charge in [-0.25, -0.2) is 23.1 Å². The Hall–Kier alpha value is -4.61. The Balaban J connectivity index is 1.58. The predicted molar refractivity (Wildman–Crippen MR) is 138 cm³/mol. The van der Waals surface area contributed by atoms with Crippen molar-refractivity contribution >= 4 is 17.4 Å². The van der Waals surface area contributed by atoms with E-state index < -0.39 is 40.6 Å². The van der Waals surface area contributed by atoms with E-state index in [-0.39, 0.29) is 40.5 Å². The number of likely N-dealkylation sites (tertiary alicyclic amines) is 1. The summed E-state index contributed by atoms with van der Waals surface area (Å²) in [5, 5.41) is 0. The topological polar surface area (TPSA) is 93.7 Å². The Morgan fingerprint density at radius 2 is 1.88 bits per heavy atom. The zero-order chi connectivity index (χ0) is 29.0. The molecule has 3 aromatic rings. The highest BCUT2D eigenvalue weighted by Crippen LogP contribution is 2.32. The average Bonchev–Trinajstić information content (AvgIpc) is 3.41. The van der Waals surface area contributed by atoms with E-state index in [9.17, 15) is 22.4 Å². The normalized spacial score (nSPS) is 15.6. The van der Waals surface area contributed by atoms with Gasteiger partial charge in [0.25, 0.3) is 0 Å². The molecule has 1 aliphatic rings. The number of ether oxygens (including phenoxy) is 1. The lowest BCUT2D eigenvalue weighted by molar-refractivity contribution is -0.125. The second-order valence-corrected chi connectivity index (χ2v) is 8.86. The number of allylic oxidation sites excluding steroid dienone is 1. The van der Waals surface area contributed by atoms with E-state index in [4.69, 9.17) is 10.5 Å². The van der Waals surface area contributed by atoms with Gasteiger partial charge in [-0.1, -0.05) is 18.7 Å². The third-order valence-electron chi connectivity index (χ3n) is 6.33. The number of rotatable bonds is 8. The number of nitrogens with zero attached hydrogens (tertiary/aromatic N) is 4. The fourth-order valence-corrected chi connectivity index (χ4v) is 4.37. The van der Waals surface area contributed by atoms with E-state index in [0.717, 1.165) is 18.6 Å². The zero-order valence-electron chi connectivity index (χ0n) is 21.3. The quantitative estimate of drug-likeness (QED) is 0.136. The molecule has 0 spiro atoms. The van der Waals surface area contributed by atoms with Crippen LogP contribution in [0, 0.1) is 35.0 Å². The Morgan fingerprint density at radius 3 is 2.52 bits per heavy atom. The van der Waals surface area contributed by atoms with Gasteiger partial charge in [-0.3, -0.25) is 9.79 Å². The molecule has 1 aromatic heterocycles. The van der Waals surface area contributed by atoms with Crippen molar-refractivity contribution in [2.45, 2.75) is 12.8 Å². The summed E-state index contributed by atoms with van der Waals surface area (Å²) in [5.41, 5.74) is 6.91. The molecule has 1 aliphatic heterocycles. The number of carbonyl (C=O) groups is 1. The van der Waals surface area contributed by atoms with Gasteiger partial charge in [-0.05, 0) is 30.5 Å². The molecule has 12 heteroatoms. The van der Waals surface area contributed by atoms with Gasteiger partial charge in [0.05, 0.1) is 17.0 Å². The molecular formula is C28H24F5N5O2. The maximum Gasteiger partial charge on any atom is 0.245 e. The molecule has 2 heterocycles. The van der Waals surface area contributed by atoms with Crippen molar-refractivity contribution in [3.8, 4) is 11.5 Å². The maximum absolute atomic E-state index is 15.3. The highest BCUT2D eigenvalue weighted by atomic mass is 19.2. The number of halogens is 5. The molecule has 40 heavy (non-hydrogen) atoms. The standard InChI is InChI=1S/C28H24F5N5O2/c1-3-22(39)38-10-9-15(13-38)5-4-6-21-23(28(34)37-14-36-21)26(35-2)17-8-7-16(11-18(17)29)40-27-24(32)19(30)12-20(31)25(27)33/h3-5,7-8,11-12,14-15H,1,6,9-10,13H2,2H3,(H2,34,36,37)/b5-4+,35-26?/t15-/m0/s1. The summed E-state index contributed by atoms with van der Waals surface area (Å²) in [4.78, 5) is 26.0. The first-order valence-corrected chi connectivity index (χ1v) is 12.1. The van der Waals surface area contributed by atoms with Crippen molar-refractivity contribution < 1.29 is 31.5 Å². The first-order chi connectivity index (χ1) is 19.1. The highest BCUT2D eigenvalue weighted by Gasteiger charge is 2.25. The molecule has 0 bridgehead atoms. The Morgan fingerprint density at radius 1 is 1.15 bits per heavy atom. The van der Waals surface area contributed by atoms with E-state index in [2.05, 4.69) is 21.5 Å². The molecule has 208 valence electrons. The molecule has 1 amide bonds. The Labute approximate surface area is 226 Å². The van der Waals surface area contributed by atoms with Crippen LogP contribution in [-0.2, 0) is 11.2 Å². The van der Waals surface area contributed by atoms with Crippen molar-refractivity contribution in [2.24, 2.45) is 10.9 Å². The molecule has 1 atom stereocenters. The number of hydrogen-bond acceptors (Lipinski definition) is 6. The zero-order valence-corrected chi connectivity index (χ0v) is 21.3. The SMILES string of the molecule is C=CC(=O)N1CC[C@H](/C=C/Cc2ncnc(N)c2C(=NC)c2ccc(Oc3c(F)c(F)cc(F)c3F)cc2F)C1. The van der Waals surface area contributed by atoms with E-state index in [1.54, 1.807) is 4.90 Å². The van der Waals surface area contributed by atoms with E-state index >= 15 is 4.39 Å². The van der Waals surface area contributed by atoms with Gasteiger partial charge >= 0.3 is 0 Å². The number of aromatic nitrogens is 2. The van der Waals surface area contributed by atoms with Gasteiger partial charge in [0.15, 0.2) is 11.6 Å². The first-order valence-electron chi connectivity index (χ1n) is 12.1. The number of nitrogens with two attached hydrogens (primary N) is 1. The minimum absolute atomic E-state index is 0.0383. The van der Waals surface area contributed by atoms with Gasteiger partial charge in [0.2, 0.25) is 23.3 Å². The van der Waals surface area contributed by atoms with Gasteiger partial charge in [0, 0.05) is 44.3 Å². The highest BCUT2D eigenvalue weighted by molar-refractivity contribution is 6.16. The Bertz CT molecular complexity index is 1500. The first kappa shape index (κ1) is 28.4. The monoisotopic (exact) mass is 557 g/mol. The van der Waals surface area contributed by atoms with Crippen LogP contribution in [0.3, 0.4) is 0 Å². The molecule has 4 rings (SSSR count). The summed E-state index contributed by atoms with van der Waals surface area (Å²) in [6, 6.07) is 3.20. The van der Waals surface area contributed by atoms with Gasteiger partial charge in [-0.2, -0.15) is 8.78 Å². The molecule has 0 radical (unpaired) electrons. The number of carbonyl (C=O) groups excluding carboxylic acids is 1. The molecule has 0 unspecified atom stereocenters. The van der Waals surface area contributed by atoms with Crippen LogP contribution in [0.25, 0.3) is 0 Å². The van der Waals surface area contributed by atoms with E-state index in [0.29, 0.717) is 25.2 Å². The van der Waals surface area contributed by atoms with Crippen LogP contribution < -0.4 is 10.5 Å². The smallest absolute Gasteiger partial charge is 0.245 e. The summed E-state index contributed by atoms with van der Waals surface area (Å²) in [7, 11) is 1.41. The third-order valence-corrected chi connectivity index (χ3v) is 6.33. The minimum atomic E-state index is -1.76. The lowest BCUT2D eigenvalue weighted by Crippen LogP contribution is -2.26. The van der Waals surface area contributed by atoms with Gasteiger partial charge in [0.1, 0.15) is 23.7 Å². The summed E-state index contributed by atoms with van der Waals surface area (Å²) < 4.78 is 75.2. The van der Waals surface area contributed by atoms with Gasteiger partial charge in [-0.15, -0.1) is 0 Å². The number of nitrogen functional groups attached to an aromatic ring is 1. The fraction of sp³-hybridized carbons (Fsp3) is 0.214. The van der Waals surface area contributed by atoms with Crippen LogP contribution in [0.5, 0.6) is 11.5 Å². The van der Waals surface area contributed by atoms with Crippen LogP contribution in [-0.4, -0.2) is 46.6 Å². The summed E-state index contributed by atoms with van der Waals surface area (Å²) in [6.07, 6.45) is 7.50. The molecular weight excluding hydrogens is 533 g/mol. The predicted octanol–water partition coefficient (Wildman–Crippen LogP) is 5.15. The number of hydrogen-bond donors (Lipinski definition) is 1. The average molecular weight is 558 g/mol. The number of anilines is 1. The fourth-order valence-electron chi connectivity index (χ4n) is 4.37. The van der Waals surface area contributed by atoms with Crippen LogP contribution in [0.1, 0.15) is 23.2 Å². The van der Waals surface area contributed by atoms with Crippen LogP contribution in [0.2, 0.25) is 0 Å². The number of benzene rings is 2. The van der Waals surface area contributed by atoms with Crippen LogP contribution in [0.4, 0.5) is 27.8 Å². The lowest BCUT2D eigenvalue weighted by Gasteiger charge is -2.14. The molecule has 0 aliphatic carbocycles. The van der Waals surface area contributed by atoms with Crippen LogP contribution in [0.15, 0.2) is 60.4 Å². The molecule has 0 saturated carbocycles. The summed E-state index contributed by atoms with van der Waals surface area (Å²) >= 11 is 0. The molecule has 7 nitrogen and oxygen atoms in total. The molecule has 2 aromatic carbocycles. The second kappa shape index (κ2) is 12.1. The largest absolute Gasteiger partial charge is 0.451 e. The van der Waals surface area contributed by atoms with E-state index in [1.807, 2.05) is 12.2 Å². The maximum atomic E-state index is 15.3. The number of aliphatic imine (C=N–C) groups is 1. The molecule has 1 fully saturated rings. The third kappa shape index (κ3) is 5.85. The second-order valence-electron chi connectivity index (χ2n) is 8.86. The lowest BCUT2D eigenvalue weighted by atomic mass is 9.98. The van der Waals surface area contributed by atoms with Crippen molar-refractivity contribution in [3.05, 3.63) is 101 Å². The van der Waals surface area contributed by atoms with Gasteiger partial charge < -0.3 is 15.4 Å². The Kier molecular flexibility index (Phi) is 8.56. The van der Waals surface area contributed by atoms with E-state index in [1.165, 1.54) is 25.5 Å². The van der Waals surface area contributed by atoms with Crippen molar-refractivity contribution in [3.63, 3.8) is 0 Å². The van der Waals surface area contributed by atoms with Crippen molar-refractivity contribution in [1.29, 1.82) is 0 Å². The molecule has 1 saturated heterocycles. The van der Waals surface area contributed by atoms with Crippen molar-refractivity contribution in [1.82, 2.24) is 14.9 Å². The minimum Gasteiger partial charge on any atom is -0.451 e. The van der Waals surface area contributed by atoms with Crippen molar-refractivity contribution in [2.75, 3.05) is 25.9 Å². The summed E-state index contributed by atoms with van der Waals surface area (Å²) in [6.45, 7) is 4.70. The number of amides is 1. The summed E-state index contributed by atoms with van der Waals surface area (Å²) in [5.74, 6) is -9.46.